The van der Waals surface area contributed by atoms with Crippen LogP contribution in [0.25, 0.3) is 0 Å². The quantitative estimate of drug-likeness (QED) is 0.0199. The Morgan fingerprint density at radius 3 is 1.12 bits per heavy atom. The van der Waals surface area contributed by atoms with Gasteiger partial charge in [-0.05, 0) is 103 Å². The topological polar surface area (TPSA) is 78.9 Å². The van der Waals surface area contributed by atoms with Crippen LogP contribution in [0.5, 0.6) is 0 Å². The molecule has 0 aromatic heterocycles. The molecule has 1 atom stereocenters. The van der Waals surface area contributed by atoms with Crippen molar-refractivity contribution < 1.29 is 28.6 Å². The van der Waals surface area contributed by atoms with Crippen molar-refractivity contribution in [2.75, 3.05) is 13.2 Å². The zero-order valence-electron chi connectivity index (χ0n) is 41.8. The predicted molar refractivity (Wildman–Crippen MR) is 274 cm³/mol. The number of allylic oxidation sites excluding steroid dienone is 14. The highest BCUT2D eigenvalue weighted by Gasteiger charge is 2.19. The van der Waals surface area contributed by atoms with Gasteiger partial charge in [-0.15, -0.1) is 0 Å². The number of hydrogen-bond donors (Lipinski definition) is 0. The van der Waals surface area contributed by atoms with Gasteiger partial charge < -0.3 is 14.2 Å². The highest BCUT2D eigenvalue weighted by atomic mass is 16.6. The highest BCUT2D eigenvalue weighted by Crippen LogP contribution is 2.14. The van der Waals surface area contributed by atoms with Crippen molar-refractivity contribution >= 4 is 17.9 Å². The maximum atomic E-state index is 12.8. The van der Waals surface area contributed by atoms with Crippen LogP contribution < -0.4 is 0 Å². The van der Waals surface area contributed by atoms with Gasteiger partial charge in [0.15, 0.2) is 6.10 Å². The van der Waals surface area contributed by atoms with E-state index in [1.165, 1.54) is 83.5 Å². The minimum absolute atomic E-state index is 0.0936. The first-order chi connectivity index (χ1) is 31.5. The fourth-order valence-electron chi connectivity index (χ4n) is 7.16. The van der Waals surface area contributed by atoms with E-state index in [4.69, 9.17) is 14.2 Å². The Labute approximate surface area is 395 Å². The molecule has 0 spiro atoms. The van der Waals surface area contributed by atoms with Gasteiger partial charge in [0.2, 0.25) is 0 Å². The summed E-state index contributed by atoms with van der Waals surface area (Å²) in [4.78, 5) is 38.0. The van der Waals surface area contributed by atoms with Crippen LogP contribution in [0.3, 0.4) is 0 Å². The van der Waals surface area contributed by atoms with Gasteiger partial charge in [-0.25, -0.2) is 0 Å². The summed E-state index contributed by atoms with van der Waals surface area (Å²) < 4.78 is 16.8. The van der Waals surface area contributed by atoms with Gasteiger partial charge in [0.1, 0.15) is 13.2 Å². The number of ether oxygens (including phenoxy) is 3. The number of esters is 3. The van der Waals surface area contributed by atoms with E-state index in [1.807, 2.05) is 0 Å². The Morgan fingerprint density at radius 2 is 0.672 bits per heavy atom. The predicted octanol–water partition coefficient (Wildman–Crippen LogP) is 17.6. The summed E-state index contributed by atoms with van der Waals surface area (Å²) in [6, 6.07) is 0. The van der Waals surface area contributed by atoms with E-state index < -0.39 is 6.10 Å². The fraction of sp³-hybridized carbons (Fsp3) is 0.707. The molecule has 0 rings (SSSR count). The van der Waals surface area contributed by atoms with Gasteiger partial charge in [0.25, 0.3) is 0 Å². The number of rotatable bonds is 47. The van der Waals surface area contributed by atoms with Gasteiger partial charge in [-0.3, -0.25) is 14.4 Å². The van der Waals surface area contributed by atoms with Crippen molar-refractivity contribution in [1.29, 1.82) is 0 Å². The molecule has 0 N–H and O–H groups in total. The molecule has 0 saturated carbocycles. The smallest absolute Gasteiger partial charge is 0.306 e. The third-order valence-electron chi connectivity index (χ3n) is 11.2. The minimum atomic E-state index is -0.795. The Kier molecular flexibility index (Phi) is 49.4. The van der Waals surface area contributed by atoms with Crippen molar-refractivity contribution in [3.63, 3.8) is 0 Å². The molecular weight excluding hydrogens is 793 g/mol. The summed E-state index contributed by atoms with van der Waals surface area (Å²) in [6.07, 6.45) is 67.0. The summed E-state index contributed by atoms with van der Waals surface area (Å²) in [5, 5.41) is 0. The maximum absolute atomic E-state index is 12.8. The summed E-state index contributed by atoms with van der Waals surface area (Å²) in [7, 11) is 0. The molecule has 6 heteroatoms. The first-order valence-electron chi connectivity index (χ1n) is 26.6. The van der Waals surface area contributed by atoms with Crippen LogP contribution in [0.4, 0.5) is 0 Å². The molecule has 0 aromatic rings. The lowest BCUT2D eigenvalue weighted by molar-refractivity contribution is -0.167. The molecule has 6 nitrogen and oxygen atoms in total. The molecule has 1 unspecified atom stereocenters. The molecule has 64 heavy (non-hydrogen) atoms. The Hall–Kier alpha value is -3.41. The highest BCUT2D eigenvalue weighted by molar-refractivity contribution is 5.71. The van der Waals surface area contributed by atoms with Gasteiger partial charge in [-0.2, -0.15) is 0 Å². The van der Waals surface area contributed by atoms with E-state index in [1.54, 1.807) is 0 Å². The summed E-state index contributed by atoms with van der Waals surface area (Å²) in [5.74, 6) is -0.935. The molecule has 0 aliphatic carbocycles. The minimum Gasteiger partial charge on any atom is -0.462 e. The number of carbonyl (C=O) groups excluding carboxylic acids is 3. The first-order valence-corrected chi connectivity index (χ1v) is 26.6. The summed E-state index contributed by atoms with van der Waals surface area (Å²) in [5.41, 5.74) is 0. The second kappa shape index (κ2) is 52.2. The van der Waals surface area contributed by atoms with Crippen molar-refractivity contribution in [1.82, 2.24) is 0 Å². The maximum Gasteiger partial charge on any atom is 0.306 e. The first kappa shape index (κ1) is 60.6. The number of carbonyl (C=O) groups is 3. The van der Waals surface area contributed by atoms with Crippen LogP contribution in [-0.2, 0) is 28.6 Å². The fourth-order valence-corrected chi connectivity index (χ4v) is 7.16. The molecule has 0 aliphatic rings. The molecule has 0 aromatic carbocycles. The Balaban J connectivity index is 4.45. The standard InChI is InChI=1S/C58H98O6/c1-4-7-10-13-16-19-22-25-27-29-30-32-33-36-39-42-45-48-51-57(60)63-54-55(53-62-56(59)50-47-44-41-38-35-24-21-18-15-12-9-6-3)64-58(61)52-49-46-43-40-37-34-31-28-26-23-20-17-14-11-8-5-2/h8,11,17-18,20-22,25-30,32,55H,4-7,9-10,12-16,19,23-24,31,33-54H2,1-3H3/b11-8-,20-17-,21-18-,25-22-,28-26-,29-27-,32-30-. The van der Waals surface area contributed by atoms with Crippen molar-refractivity contribution in [2.24, 2.45) is 0 Å². The summed E-state index contributed by atoms with van der Waals surface area (Å²) >= 11 is 0. The second-order valence-corrected chi connectivity index (χ2v) is 17.5. The van der Waals surface area contributed by atoms with E-state index >= 15 is 0 Å². The van der Waals surface area contributed by atoms with Gasteiger partial charge in [-0.1, -0.05) is 209 Å². The lowest BCUT2D eigenvalue weighted by Crippen LogP contribution is -2.30. The molecule has 0 bridgehead atoms. The summed E-state index contributed by atoms with van der Waals surface area (Å²) in [6.45, 7) is 6.45. The van der Waals surface area contributed by atoms with Crippen molar-refractivity contribution in [3.8, 4) is 0 Å². The van der Waals surface area contributed by atoms with E-state index in [-0.39, 0.29) is 31.1 Å². The lowest BCUT2D eigenvalue weighted by Gasteiger charge is -2.18. The molecule has 366 valence electrons. The molecule has 0 fully saturated rings. The van der Waals surface area contributed by atoms with Crippen LogP contribution in [0, 0.1) is 0 Å². The van der Waals surface area contributed by atoms with Crippen LogP contribution in [-0.4, -0.2) is 37.2 Å². The molecule has 0 saturated heterocycles. The van der Waals surface area contributed by atoms with E-state index in [0.717, 1.165) is 122 Å². The normalized spacial score (nSPS) is 12.7. The van der Waals surface area contributed by atoms with Gasteiger partial charge in [0.05, 0.1) is 0 Å². The Bertz CT molecular complexity index is 1250. The van der Waals surface area contributed by atoms with Crippen LogP contribution >= 0.6 is 0 Å². The van der Waals surface area contributed by atoms with E-state index in [2.05, 4.69) is 106 Å². The largest absolute Gasteiger partial charge is 0.462 e. The number of unbranched alkanes of at least 4 members (excludes halogenated alkanes) is 24. The Morgan fingerprint density at radius 1 is 0.344 bits per heavy atom. The average Bonchev–Trinajstić information content (AvgIpc) is 3.29. The second-order valence-electron chi connectivity index (χ2n) is 17.5. The lowest BCUT2D eigenvalue weighted by atomic mass is 10.1. The van der Waals surface area contributed by atoms with Crippen LogP contribution in [0.15, 0.2) is 85.1 Å². The van der Waals surface area contributed by atoms with Crippen molar-refractivity contribution in [3.05, 3.63) is 85.1 Å². The molecular formula is C58H98O6. The van der Waals surface area contributed by atoms with E-state index in [9.17, 15) is 14.4 Å². The van der Waals surface area contributed by atoms with Crippen molar-refractivity contribution in [2.45, 2.75) is 252 Å². The third kappa shape index (κ3) is 49.6. The molecule has 0 amide bonds. The van der Waals surface area contributed by atoms with E-state index in [0.29, 0.717) is 19.3 Å². The third-order valence-corrected chi connectivity index (χ3v) is 11.2. The van der Waals surface area contributed by atoms with Gasteiger partial charge >= 0.3 is 17.9 Å². The van der Waals surface area contributed by atoms with Crippen LogP contribution in [0.2, 0.25) is 0 Å². The van der Waals surface area contributed by atoms with Gasteiger partial charge in [0, 0.05) is 19.3 Å². The van der Waals surface area contributed by atoms with Crippen LogP contribution in [0.1, 0.15) is 245 Å². The zero-order valence-corrected chi connectivity index (χ0v) is 41.8. The number of hydrogen-bond acceptors (Lipinski definition) is 6. The molecule has 0 heterocycles. The monoisotopic (exact) mass is 891 g/mol. The zero-order chi connectivity index (χ0) is 46.5. The molecule has 0 aliphatic heterocycles. The SMILES string of the molecule is CC/C=C\C/C=C\C/C=C\CCCCCCCCC(=O)OC(COC(=O)CCCCCCC\C=C/C=C\C=C/CCCCCCC)COC(=O)CCCCCCC/C=C\CCCCC. The molecule has 0 radical (unpaired) electrons. The average molecular weight is 891 g/mol.